The van der Waals surface area contributed by atoms with Gasteiger partial charge in [0.05, 0.1) is 7.11 Å². The number of carbonyl (C=O) groups excluding carboxylic acids is 1. The molecule has 0 N–H and O–H groups in total. The SMILES string of the molecule is CC[C@@H]1C[C@@]1(N=[N+]=[N-])C(=O)OC. The largest absolute Gasteiger partial charge is 0.468 e. The molecule has 0 radical (unpaired) electrons. The van der Waals surface area contributed by atoms with Crippen LogP contribution >= 0.6 is 0 Å². The molecule has 5 nitrogen and oxygen atoms in total. The Morgan fingerprint density at radius 3 is 2.92 bits per heavy atom. The van der Waals surface area contributed by atoms with Crippen molar-refractivity contribution < 1.29 is 9.53 Å². The van der Waals surface area contributed by atoms with Gasteiger partial charge in [-0.3, -0.25) is 4.79 Å². The Balaban J connectivity index is 2.78. The number of nitrogens with zero attached hydrogens (tertiary/aromatic N) is 3. The number of rotatable bonds is 3. The Morgan fingerprint density at radius 1 is 1.92 bits per heavy atom. The van der Waals surface area contributed by atoms with E-state index in [1.807, 2.05) is 6.92 Å². The van der Waals surface area contributed by atoms with Crippen molar-refractivity contribution in [2.45, 2.75) is 25.3 Å². The Bertz CT molecular complexity index is 247. The van der Waals surface area contributed by atoms with Crippen LogP contribution in [0.5, 0.6) is 0 Å². The standard InChI is InChI=1S/C7H11N3O2/c1-3-5-4-7(5,9-10-8)6(11)12-2/h5H,3-4H2,1-2H3/t5-,7+/m1/s1. The van der Waals surface area contributed by atoms with Gasteiger partial charge in [0.1, 0.15) is 5.54 Å². The van der Waals surface area contributed by atoms with Crippen molar-refractivity contribution in [2.75, 3.05) is 7.11 Å². The summed E-state index contributed by atoms with van der Waals surface area (Å²) in [6.07, 6.45) is 1.47. The van der Waals surface area contributed by atoms with Crippen LogP contribution < -0.4 is 0 Å². The minimum absolute atomic E-state index is 0.167. The summed E-state index contributed by atoms with van der Waals surface area (Å²) < 4.78 is 4.56. The maximum Gasteiger partial charge on any atom is 0.318 e. The molecule has 1 fully saturated rings. The second-order valence-electron chi connectivity index (χ2n) is 2.91. The zero-order valence-electron chi connectivity index (χ0n) is 7.15. The van der Waals surface area contributed by atoms with Gasteiger partial charge in [0.15, 0.2) is 0 Å². The van der Waals surface area contributed by atoms with Crippen molar-refractivity contribution in [3.63, 3.8) is 0 Å². The molecule has 66 valence electrons. The molecule has 1 aliphatic carbocycles. The molecule has 0 amide bonds. The number of carbonyl (C=O) groups is 1. The highest BCUT2D eigenvalue weighted by Crippen LogP contribution is 2.50. The van der Waals surface area contributed by atoms with E-state index in [-0.39, 0.29) is 5.92 Å². The zero-order valence-corrected chi connectivity index (χ0v) is 7.15. The van der Waals surface area contributed by atoms with Crippen LogP contribution in [-0.4, -0.2) is 18.6 Å². The highest BCUT2D eigenvalue weighted by molar-refractivity contribution is 5.85. The van der Waals surface area contributed by atoms with E-state index >= 15 is 0 Å². The van der Waals surface area contributed by atoms with Crippen LogP contribution in [0, 0.1) is 5.92 Å². The number of esters is 1. The van der Waals surface area contributed by atoms with Crippen LogP contribution in [0.25, 0.3) is 10.4 Å². The fraction of sp³-hybridized carbons (Fsp3) is 0.857. The van der Waals surface area contributed by atoms with Gasteiger partial charge in [-0.2, -0.15) is 0 Å². The molecule has 2 atom stereocenters. The lowest BCUT2D eigenvalue weighted by Crippen LogP contribution is -2.23. The fourth-order valence-electron chi connectivity index (χ4n) is 1.47. The molecular weight excluding hydrogens is 158 g/mol. The number of hydrogen-bond donors (Lipinski definition) is 0. The van der Waals surface area contributed by atoms with Crippen molar-refractivity contribution in [1.29, 1.82) is 0 Å². The lowest BCUT2D eigenvalue weighted by atomic mass is 10.2. The molecule has 0 aromatic carbocycles. The zero-order chi connectivity index (χ0) is 9.19. The van der Waals surface area contributed by atoms with E-state index in [0.717, 1.165) is 6.42 Å². The fourth-order valence-corrected chi connectivity index (χ4v) is 1.47. The molecule has 1 aliphatic rings. The summed E-state index contributed by atoms with van der Waals surface area (Å²) in [6, 6.07) is 0. The van der Waals surface area contributed by atoms with Crippen molar-refractivity contribution in [3.05, 3.63) is 10.4 Å². The van der Waals surface area contributed by atoms with Gasteiger partial charge >= 0.3 is 5.97 Å². The Hall–Kier alpha value is -1.22. The maximum atomic E-state index is 11.2. The first kappa shape index (κ1) is 8.87. The lowest BCUT2D eigenvalue weighted by Gasteiger charge is -2.05. The number of azide groups is 1. The van der Waals surface area contributed by atoms with Gasteiger partial charge in [0.2, 0.25) is 0 Å². The third kappa shape index (κ3) is 1.12. The molecule has 0 unspecified atom stereocenters. The molecule has 1 rings (SSSR count). The van der Waals surface area contributed by atoms with E-state index in [0.29, 0.717) is 6.42 Å². The Labute approximate surface area is 70.3 Å². The van der Waals surface area contributed by atoms with Crippen LogP contribution in [0.15, 0.2) is 5.11 Å². The summed E-state index contributed by atoms with van der Waals surface area (Å²) in [5.41, 5.74) is 7.37. The number of ether oxygens (including phenoxy) is 1. The van der Waals surface area contributed by atoms with Gasteiger partial charge in [-0.05, 0) is 17.9 Å². The minimum Gasteiger partial charge on any atom is -0.468 e. The van der Waals surface area contributed by atoms with Crippen molar-refractivity contribution >= 4 is 5.97 Å². The predicted octanol–water partition coefficient (Wildman–Crippen LogP) is 1.64. The van der Waals surface area contributed by atoms with Crippen molar-refractivity contribution in [1.82, 2.24) is 0 Å². The maximum absolute atomic E-state index is 11.2. The third-order valence-corrected chi connectivity index (χ3v) is 2.33. The topological polar surface area (TPSA) is 75.1 Å². The molecule has 0 saturated heterocycles. The van der Waals surface area contributed by atoms with Gasteiger partial charge in [0.25, 0.3) is 0 Å². The predicted molar refractivity (Wildman–Crippen MR) is 42.3 cm³/mol. The molecule has 0 bridgehead atoms. The van der Waals surface area contributed by atoms with Crippen LogP contribution in [0.2, 0.25) is 0 Å². The average molecular weight is 169 g/mol. The quantitative estimate of drug-likeness (QED) is 0.278. The first-order chi connectivity index (χ1) is 5.71. The van der Waals surface area contributed by atoms with E-state index in [1.165, 1.54) is 7.11 Å². The first-order valence-electron chi connectivity index (χ1n) is 3.86. The molecule has 0 aromatic rings. The Morgan fingerprint density at radius 2 is 2.58 bits per heavy atom. The third-order valence-electron chi connectivity index (χ3n) is 2.33. The van der Waals surface area contributed by atoms with Gasteiger partial charge in [0, 0.05) is 4.91 Å². The molecule has 0 spiro atoms. The highest BCUT2D eigenvalue weighted by Gasteiger charge is 2.59. The first-order valence-corrected chi connectivity index (χ1v) is 3.86. The van der Waals surface area contributed by atoms with Crippen LogP contribution in [0.4, 0.5) is 0 Å². The molecule has 0 aliphatic heterocycles. The van der Waals surface area contributed by atoms with Gasteiger partial charge in [-0.1, -0.05) is 18.5 Å². The van der Waals surface area contributed by atoms with Crippen molar-refractivity contribution in [2.24, 2.45) is 11.0 Å². The highest BCUT2D eigenvalue weighted by atomic mass is 16.5. The molecule has 12 heavy (non-hydrogen) atoms. The monoisotopic (exact) mass is 169 g/mol. The van der Waals surface area contributed by atoms with E-state index in [9.17, 15) is 4.79 Å². The summed E-state index contributed by atoms with van der Waals surface area (Å²) >= 11 is 0. The molecule has 1 saturated carbocycles. The van der Waals surface area contributed by atoms with Gasteiger partial charge < -0.3 is 4.74 Å². The van der Waals surface area contributed by atoms with Crippen LogP contribution in [0.1, 0.15) is 19.8 Å². The Kier molecular flexibility index (Phi) is 2.24. The van der Waals surface area contributed by atoms with Crippen molar-refractivity contribution in [3.8, 4) is 0 Å². The summed E-state index contributed by atoms with van der Waals surface area (Å²) in [7, 11) is 1.31. The molecule has 0 heterocycles. The lowest BCUT2D eigenvalue weighted by molar-refractivity contribution is -0.143. The van der Waals surface area contributed by atoms with E-state index in [2.05, 4.69) is 14.8 Å². The summed E-state index contributed by atoms with van der Waals surface area (Å²) in [4.78, 5) is 13.8. The van der Waals surface area contributed by atoms with E-state index in [4.69, 9.17) is 5.53 Å². The molecule has 5 heteroatoms. The van der Waals surface area contributed by atoms with Crippen LogP contribution in [0.3, 0.4) is 0 Å². The number of hydrogen-bond acceptors (Lipinski definition) is 3. The summed E-state index contributed by atoms with van der Waals surface area (Å²) in [6.45, 7) is 1.96. The van der Waals surface area contributed by atoms with E-state index < -0.39 is 11.5 Å². The number of methoxy groups -OCH3 is 1. The second-order valence-corrected chi connectivity index (χ2v) is 2.91. The smallest absolute Gasteiger partial charge is 0.318 e. The van der Waals surface area contributed by atoms with Crippen LogP contribution in [-0.2, 0) is 9.53 Å². The molecule has 0 aromatic heterocycles. The summed E-state index contributed by atoms with van der Waals surface area (Å²) in [5, 5.41) is 3.50. The van der Waals surface area contributed by atoms with Gasteiger partial charge in [-0.15, -0.1) is 0 Å². The normalized spacial score (nSPS) is 32.0. The molecular formula is C7H11N3O2. The summed E-state index contributed by atoms with van der Waals surface area (Å²) in [5.74, 6) is -0.243. The van der Waals surface area contributed by atoms with Gasteiger partial charge in [-0.25, -0.2) is 0 Å². The minimum atomic E-state index is -0.877. The average Bonchev–Trinajstić information content (AvgIpc) is 2.79. The van der Waals surface area contributed by atoms with E-state index in [1.54, 1.807) is 0 Å². The second kappa shape index (κ2) is 3.03.